The summed E-state index contributed by atoms with van der Waals surface area (Å²) in [5.41, 5.74) is 0. The van der Waals surface area contributed by atoms with Gasteiger partial charge in [0.25, 0.3) is 0 Å². The van der Waals surface area contributed by atoms with Gasteiger partial charge < -0.3 is 54.7 Å². The minimum absolute atomic E-state index is 0.592. The minimum Gasteiger partial charge on any atom is -0.394 e. The Labute approximate surface area is 137 Å². The number of hydrogen-bond donors (Lipinski definition) is 7. The molecule has 0 radical (unpaired) electrons. The molecule has 2 heterocycles. The number of rotatable bonds is 5. The van der Waals surface area contributed by atoms with Gasteiger partial charge in [-0.1, -0.05) is 0 Å². The Morgan fingerprint density at radius 1 is 0.708 bits per heavy atom. The summed E-state index contributed by atoms with van der Waals surface area (Å²) in [6.07, 6.45) is -14.3. The van der Waals surface area contributed by atoms with Gasteiger partial charge in [0, 0.05) is 7.11 Å². The number of aliphatic hydroxyl groups excluding tert-OH is 7. The summed E-state index contributed by atoms with van der Waals surface area (Å²) in [7, 11) is 1.24. The highest BCUT2D eigenvalue weighted by atomic mass is 16.7. The average molecular weight is 356 g/mol. The standard InChI is InChI=1S/C13H24O11/c1-21-12-10(20)8(18)11(5(3-15)23-12)24-13-9(19)7(17)6(16)4(2-14)22-13/h4-20H,2-3H2,1H3/t4?,5?,6-,7-,8?,9?,10?,11+,12+,13-/m0/s1. The second-order valence-electron chi connectivity index (χ2n) is 5.74. The Morgan fingerprint density at radius 2 is 1.25 bits per heavy atom. The maximum atomic E-state index is 10.2. The first-order valence-corrected chi connectivity index (χ1v) is 7.46. The van der Waals surface area contributed by atoms with E-state index < -0.39 is 74.6 Å². The van der Waals surface area contributed by atoms with Crippen molar-refractivity contribution in [2.24, 2.45) is 0 Å². The van der Waals surface area contributed by atoms with Gasteiger partial charge in [-0.2, -0.15) is 0 Å². The summed E-state index contributed by atoms with van der Waals surface area (Å²) in [6.45, 7) is -1.24. The minimum atomic E-state index is -1.69. The van der Waals surface area contributed by atoms with Gasteiger partial charge >= 0.3 is 0 Å². The van der Waals surface area contributed by atoms with Gasteiger partial charge in [-0.25, -0.2) is 0 Å². The van der Waals surface area contributed by atoms with Crippen LogP contribution in [0.3, 0.4) is 0 Å². The molecule has 0 aliphatic carbocycles. The van der Waals surface area contributed by atoms with Gasteiger partial charge in [-0.15, -0.1) is 0 Å². The molecule has 142 valence electrons. The lowest BCUT2D eigenvalue weighted by Crippen LogP contribution is -2.64. The van der Waals surface area contributed by atoms with Crippen LogP contribution < -0.4 is 0 Å². The Morgan fingerprint density at radius 3 is 1.79 bits per heavy atom. The van der Waals surface area contributed by atoms with E-state index >= 15 is 0 Å². The van der Waals surface area contributed by atoms with E-state index in [9.17, 15) is 30.6 Å². The van der Waals surface area contributed by atoms with Crippen molar-refractivity contribution in [1.29, 1.82) is 0 Å². The van der Waals surface area contributed by atoms with Crippen molar-refractivity contribution in [1.82, 2.24) is 0 Å². The molecule has 2 rings (SSSR count). The maximum absolute atomic E-state index is 10.2. The molecule has 2 aliphatic heterocycles. The summed E-state index contributed by atoms with van der Waals surface area (Å²) in [4.78, 5) is 0. The molecular formula is C13H24O11. The van der Waals surface area contributed by atoms with Crippen LogP contribution in [0.15, 0.2) is 0 Å². The number of aliphatic hydroxyl groups is 7. The molecule has 11 heteroatoms. The zero-order valence-electron chi connectivity index (χ0n) is 13.0. The van der Waals surface area contributed by atoms with Gasteiger partial charge in [0.2, 0.25) is 0 Å². The largest absolute Gasteiger partial charge is 0.394 e. The van der Waals surface area contributed by atoms with E-state index in [1.807, 2.05) is 0 Å². The van der Waals surface area contributed by atoms with Gasteiger partial charge in [0.15, 0.2) is 12.6 Å². The summed E-state index contributed by atoms with van der Waals surface area (Å²) in [6, 6.07) is 0. The van der Waals surface area contributed by atoms with Gasteiger partial charge in [-0.05, 0) is 0 Å². The van der Waals surface area contributed by atoms with E-state index in [1.165, 1.54) is 7.11 Å². The first kappa shape index (κ1) is 19.9. The first-order valence-electron chi connectivity index (χ1n) is 7.46. The normalized spacial score (nSPS) is 50.0. The molecule has 2 saturated heterocycles. The van der Waals surface area contributed by atoms with Crippen molar-refractivity contribution >= 4 is 0 Å². The zero-order valence-corrected chi connectivity index (χ0v) is 13.0. The molecule has 0 saturated carbocycles. The highest BCUT2D eigenvalue weighted by Crippen LogP contribution is 2.29. The smallest absolute Gasteiger partial charge is 0.187 e. The third kappa shape index (κ3) is 3.71. The van der Waals surface area contributed by atoms with Crippen LogP contribution in [0.5, 0.6) is 0 Å². The summed E-state index contributed by atoms with van der Waals surface area (Å²) in [5.74, 6) is 0. The fraction of sp³-hybridized carbons (Fsp3) is 1.00. The second kappa shape index (κ2) is 8.29. The summed E-state index contributed by atoms with van der Waals surface area (Å²) < 4.78 is 20.6. The first-order chi connectivity index (χ1) is 11.3. The van der Waals surface area contributed by atoms with Crippen molar-refractivity contribution in [3.05, 3.63) is 0 Å². The Hall–Kier alpha value is -0.440. The molecule has 2 fully saturated rings. The SMILES string of the molecule is CO[C@@H]1OC(CO)[C@@H](O[C@@H]2OC(CO)[C@H](O)[C@H](O)C2O)C(O)C1O. The molecule has 0 spiro atoms. The molecule has 2 aliphatic rings. The van der Waals surface area contributed by atoms with Crippen LogP contribution in [0, 0.1) is 0 Å². The number of hydrogen-bond acceptors (Lipinski definition) is 11. The Kier molecular flexibility index (Phi) is 6.87. The highest BCUT2D eigenvalue weighted by molar-refractivity contribution is 4.93. The molecule has 5 unspecified atom stereocenters. The molecule has 24 heavy (non-hydrogen) atoms. The molecule has 7 N–H and O–H groups in total. The highest BCUT2D eigenvalue weighted by Gasteiger charge is 2.50. The van der Waals surface area contributed by atoms with E-state index in [0.29, 0.717) is 0 Å². The van der Waals surface area contributed by atoms with E-state index in [1.54, 1.807) is 0 Å². The molecule has 0 aromatic heterocycles. The third-order valence-corrected chi connectivity index (χ3v) is 4.19. The van der Waals surface area contributed by atoms with Crippen LogP contribution in [-0.2, 0) is 18.9 Å². The van der Waals surface area contributed by atoms with Crippen molar-refractivity contribution in [2.45, 2.75) is 61.4 Å². The molecule has 10 atom stereocenters. The average Bonchev–Trinajstić information content (AvgIpc) is 2.59. The quantitative estimate of drug-likeness (QED) is 0.251. The fourth-order valence-corrected chi connectivity index (χ4v) is 2.75. The molecule has 0 aromatic rings. The lowest BCUT2D eigenvalue weighted by molar-refractivity contribution is -0.357. The molecule has 0 bridgehead atoms. The predicted octanol–water partition coefficient (Wildman–Crippen LogP) is -4.74. The lowest BCUT2D eigenvalue weighted by Gasteiger charge is -2.45. The van der Waals surface area contributed by atoms with Gasteiger partial charge in [-0.3, -0.25) is 0 Å². The van der Waals surface area contributed by atoms with Crippen LogP contribution in [0.1, 0.15) is 0 Å². The van der Waals surface area contributed by atoms with E-state index in [-0.39, 0.29) is 0 Å². The lowest BCUT2D eigenvalue weighted by atomic mass is 9.97. The van der Waals surface area contributed by atoms with E-state index in [4.69, 9.17) is 24.1 Å². The Bertz CT molecular complexity index is 392. The fourth-order valence-electron chi connectivity index (χ4n) is 2.75. The third-order valence-electron chi connectivity index (χ3n) is 4.19. The Balaban J connectivity index is 2.12. The molecule has 0 aromatic carbocycles. The molecule has 0 amide bonds. The second-order valence-corrected chi connectivity index (χ2v) is 5.74. The molecular weight excluding hydrogens is 332 g/mol. The van der Waals surface area contributed by atoms with Gasteiger partial charge in [0.05, 0.1) is 13.2 Å². The van der Waals surface area contributed by atoms with E-state index in [2.05, 4.69) is 0 Å². The zero-order chi connectivity index (χ0) is 18.0. The van der Waals surface area contributed by atoms with Crippen LogP contribution in [0.2, 0.25) is 0 Å². The van der Waals surface area contributed by atoms with Crippen LogP contribution in [0.4, 0.5) is 0 Å². The summed E-state index contributed by atoms with van der Waals surface area (Å²) >= 11 is 0. The van der Waals surface area contributed by atoms with Crippen molar-refractivity contribution < 1.29 is 54.7 Å². The maximum Gasteiger partial charge on any atom is 0.187 e. The monoisotopic (exact) mass is 356 g/mol. The number of ether oxygens (including phenoxy) is 4. The van der Waals surface area contributed by atoms with Crippen molar-refractivity contribution in [2.75, 3.05) is 20.3 Å². The molecule has 11 nitrogen and oxygen atoms in total. The predicted molar refractivity (Wildman–Crippen MR) is 73.4 cm³/mol. The number of methoxy groups -OCH3 is 1. The van der Waals surface area contributed by atoms with E-state index in [0.717, 1.165) is 0 Å². The van der Waals surface area contributed by atoms with Gasteiger partial charge in [0.1, 0.15) is 48.8 Å². The van der Waals surface area contributed by atoms with Crippen LogP contribution in [0.25, 0.3) is 0 Å². The van der Waals surface area contributed by atoms with Crippen LogP contribution >= 0.6 is 0 Å². The summed E-state index contributed by atoms with van der Waals surface area (Å²) in [5, 5.41) is 68.0. The van der Waals surface area contributed by atoms with Crippen molar-refractivity contribution in [3.63, 3.8) is 0 Å². The topological polar surface area (TPSA) is 179 Å². The van der Waals surface area contributed by atoms with Crippen molar-refractivity contribution in [3.8, 4) is 0 Å². The van der Waals surface area contributed by atoms with Crippen LogP contribution in [-0.4, -0.2) is 117 Å².